The Balaban J connectivity index is 1.18. The molecule has 66 heavy (non-hydrogen) atoms. The van der Waals surface area contributed by atoms with E-state index >= 15 is 0 Å². The second-order valence-electron chi connectivity index (χ2n) is 19.0. The van der Waals surface area contributed by atoms with E-state index in [4.69, 9.17) is 14.2 Å². The second kappa shape index (κ2) is 23.8. The van der Waals surface area contributed by atoms with Crippen molar-refractivity contribution in [2.45, 2.75) is 123 Å². The SMILES string of the molecule is COC(=O)[C@H](CCCNC(=O)OCC1c2ccccc2-c2ccccc21)NC(=O)[C@@H](NC(=O)[C@@H]1CCCN1C(=O)[C@H](/C=C/[C@H](CC(C)C)NC(=O)OC(C)(C)C)Cc1ccccc1)C(C)C. The number of esters is 1. The van der Waals surface area contributed by atoms with Crippen molar-refractivity contribution in [3.8, 4) is 11.1 Å². The summed E-state index contributed by atoms with van der Waals surface area (Å²) < 4.78 is 16.2. The molecule has 14 heteroatoms. The van der Waals surface area contributed by atoms with Crippen molar-refractivity contribution in [1.29, 1.82) is 0 Å². The fraction of sp³-hybridized carbons (Fsp3) is 0.500. The zero-order chi connectivity index (χ0) is 48.0. The minimum atomic E-state index is -1.05. The van der Waals surface area contributed by atoms with E-state index in [9.17, 15) is 28.8 Å². The molecule has 5 atom stereocenters. The van der Waals surface area contributed by atoms with Crippen molar-refractivity contribution >= 4 is 35.9 Å². The number of likely N-dealkylation sites (tertiary alicyclic amines) is 1. The molecular weight excluding hydrogens is 839 g/mol. The summed E-state index contributed by atoms with van der Waals surface area (Å²) in [7, 11) is 1.23. The van der Waals surface area contributed by atoms with Crippen molar-refractivity contribution < 1.29 is 43.0 Å². The van der Waals surface area contributed by atoms with Gasteiger partial charge in [0.25, 0.3) is 0 Å². The van der Waals surface area contributed by atoms with Gasteiger partial charge in [0.1, 0.15) is 30.3 Å². The number of ether oxygens (including phenoxy) is 3. The molecule has 14 nitrogen and oxygen atoms in total. The van der Waals surface area contributed by atoms with Crippen molar-refractivity contribution in [1.82, 2.24) is 26.2 Å². The van der Waals surface area contributed by atoms with Gasteiger partial charge in [0, 0.05) is 19.0 Å². The Morgan fingerprint density at radius 3 is 2.05 bits per heavy atom. The van der Waals surface area contributed by atoms with Crippen LogP contribution in [-0.2, 0) is 39.8 Å². The summed E-state index contributed by atoms with van der Waals surface area (Å²) in [6.07, 6.45) is 4.96. The number of alkyl carbamates (subject to hydrolysis) is 2. The Morgan fingerprint density at radius 1 is 0.803 bits per heavy atom. The van der Waals surface area contributed by atoms with Gasteiger partial charge < -0.3 is 40.4 Å². The van der Waals surface area contributed by atoms with Gasteiger partial charge in [-0.15, -0.1) is 0 Å². The van der Waals surface area contributed by atoms with Crippen LogP contribution in [0.3, 0.4) is 0 Å². The highest BCUT2D eigenvalue weighted by Gasteiger charge is 2.39. The Labute approximate surface area is 390 Å². The largest absolute Gasteiger partial charge is 0.467 e. The molecule has 1 saturated heterocycles. The highest BCUT2D eigenvalue weighted by Crippen LogP contribution is 2.44. The molecule has 356 valence electrons. The molecule has 0 unspecified atom stereocenters. The van der Waals surface area contributed by atoms with Gasteiger partial charge in [-0.25, -0.2) is 14.4 Å². The van der Waals surface area contributed by atoms with Crippen LogP contribution in [-0.4, -0.2) is 97.4 Å². The molecule has 4 N–H and O–H groups in total. The molecule has 1 heterocycles. The molecule has 1 aliphatic carbocycles. The van der Waals surface area contributed by atoms with Gasteiger partial charge in [0.2, 0.25) is 17.7 Å². The first kappa shape index (κ1) is 50.8. The molecule has 0 spiro atoms. The summed E-state index contributed by atoms with van der Waals surface area (Å²) in [6, 6.07) is 22.5. The predicted octanol–water partition coefficient (Wildman–Crippen LogP) is 7.45. The van der Waals surface area contributed by atoms with Crippen LogP contribution in [0, 0.1) is 17.8 Å². The van der Waals surface area contributed by atoms with Gasteiger partial charge >= 0.3 is 18.2 Å². The number of hydrogen-bond donors (Lipinski definition) is 4. The van der Waals surface area contributed by atoms with Crippen LogP contribution in [0.25, 0.3) is 11.1 Å². The molecule has 0 saturated carbocycles. The lowest BCUT2D eigenvalue weighted by Gasteiger charge is -2.30. The molecule has 3 aromatic carbocycles. The topological polar surface area (TPSA) is 181 Å². The molecule has 0 radical (unpaired) electrons. The first-order valence-electron chi connectivity index (χ1n) is 23.2. The van der Waals surface area contributed by atoms with Gasteiger partial charge in [0.15, 0.2) is 0 Å². The molecule has 0 bridgehead atoms. The van der Waals surface area contributed by atoms with Crippen molar-refractivity contribution in [2.75, 3.05) is 26.8 Å². The maximum absolute atomic E-state index is 14.5. The van der Waals surface area contributed by atoms with Crippen LogP contribution in [0.15, 0.2) is 91.0 Å². The lowest BCUT2D eigenvalue weighted by atomic mass is 9.94. The van der Waals surface area contributed by atoms with Crippen molar-refractivity contribution in [2.24, 2.45) is 17.8 Å². The number of fused-ring (bicyclic) bond motifs is 3. The lowest BCUT2D eigenvalue weighted by Crippen LogP contribution is -2.57. The summed E-state index contributed by atoms with van der Waals surface area (Å²) in [5.41, 5.74) is 4.72. The highest BCUT2D eigenvalue weighted by molar-refractivity contribution is 5.94. The Bertz CT molecular complexity index is 2120. The quantitative estimate of drug-likeness (QED) is 0.0388. The molecule has 5 amide bonds. The van der Waals surface area contributed by atoms with E-state index in [0.29, 0.717) is 38.6 Å². The average molecular weight is 908 g/mol. The Hall–Kier alpha value is -6.18. The Morgan fingerprint density at radius 2 is 1.44 bits per heavy atom. The minimum Gasteiger partial charge on any atom is -0.467 e. The number of rotatable bonds is 20. The van der Waals surface area contributed by atoms with E-state index in [0.717, 1.165) is 27.8 Å². The fourth-order valence-electron chi connectivity index (χ4n) is 8.63. The van der Waals surface area contributed by atoms with E-state index in [1.165, 1.54) is 7.11 Å². The van der Waals surface area contributed by atoms with Crippen molar-refractivity contribution in [3.63, 3.8) is 0 Å². The third-order valence-electron chi connectivity index (χ3n) is 11.8. The number of carbonyl (C=O) groups is 6. The maximum atomic E-state index is 14.5. The number of nitrogens with zero attached hydrogens (tertiary/aromatic N) is 1. The summed E-state index contributed by atoms with van der Waals surface area (Å²) in [4.78, 5) is 82.5. The molecule has 0 aromatic heterocycles. The Kier molecular flexibility index (Phi) is 18.4. The van der Waals surface area contributed by atoms with E-state index in [1.807, 2.05) is 92.7 Å². The standard InChI is InChI=1S/C52H69N5O9/c1-33(2)30-37(54-51(63)66-52(5,6)7)27-26-36(31-35-18-10-9-11-19-35)48(60)57-29-17-25-44(57)46(58)56-45(34(3)4)47(59)55-43(49(61)64-8)24-16-28-53-50(62)65-32-42-40-22-14-12-20-38(40)39-21-13-15-23-41(39)42/h9-15,18-23,26-27,33-34,36-37,42-45H,16-17,24-25,28-32H2,1-8H3,(H,53,62)(H,54,63)(H,55,59)(H,56,58)/b27-26+/t36-,37-,43+,44+,45+/m1/s1. The van der Waals surface area contributed by atoms with Gasteiger partial charge in [-0.05, 0) is 98.9 Å². The predicted molar refractivity (Wildman–Crippen MR) is 253 cm³/mol. The van der Waals surface area contributed by atoms with Crippen LogP contribution >= 0.6 is 0 Å². The minimum absolute atomic E-state index is 0.0869. The van der Waals surface area contributed by atoms with Gasteiger partial charge in [0.05, 0.1) is 19.1 Å². The van der Waals surface area contributed by atoms with Gasteiger partial charge in [-0.3, -0.25) is 14.4 Å². The molecule has 5 rings (SSSR count). The molecule has 1 fully saturated rings. The monoisotopic (exact) mass is 908 g/mol. The third kappa shape index (κ3) is 14.4. The zero-order valence-electron chi connectivity index (χ0n) is 39.8. The normalized spacial score (nSPS) is 16.5. The number of hydrogen-bond acceptors (Lipinski definition) is 9. The number of nitrogens with one attached hydrogen (secondary N) is 4. The fourth-order valence-corrected chi connectivity index (χ4v) is 8.63. The number of benzene rings is 3. The second-order valence-corrected chi connectivity index (χ2v) is 19.0. The first-order chi connectivity index (χ1) is 31.4. The first-order valence-corrected chi connectivity index (χ1v) is 23.2. The molecule has 1 aliphatic heterocycles. The van der Waals surface area contributed by atoms with Crippen LogP contribution in [0.2, 0.25) is 0 Å². The van der Waals surface area contributed by atoms with E-state index in [1.54, 1.807) is 39.5 Å². The van der Waals surface area contributed by atoms with Crippen LogP contribution in [0.4, 0.5) is 9.59 Å². The van der Waals surface area contributed by atoms with Crippen LogP contribution in [0.1, 0.15) is 103 Å². The van der Waals surface area contributed by atoms with E-state index in [-0.39, 0.29) is 43.2 Å². The highest BCUT2D eigenvalue weighted by atomic mass is 16.6. The van der Waals surface area contributed by atoms with E-state index < -0.39 is 65.7 Å². The summed E-state index contributed by atoms with van der Waals surface area (Å²) in [6.45, 7) is 13.8. The molecule has 2 aliphatic rings. The zero-order valence-corrected chi connectivity index (χ0v) is 39.8. The third-order valence-corrected chi connectivity index (χ3v) is 11.8. The van der Waals surface area contributed by atoms with Crippen molar-refractivity contribution in [3.05, 3.63) is 108 Å². The summed E-state index contributed by atoms with van der Waals surface area (Å²) in [5.74, 6) is -2.84. The molecular formula is C52H69N5O9. The van der Waals surface area contributed by atoms with Gasteiger partial charge in [-0.1, -0.05) is 119 Å². The average Bonchev–Trinajstić information content (AvgIpc) is 3.89. The molecule has 3 aromatic rings. The summed E-state index contributed by atoms with van der Waals surface area (Å²) in [5, 5.41) is 11.3. The van der Waals surface area contributed by atoms with Crippen LogP contribution < -0.4 is 21.3 Å². The number of amides is 5. The smallest absolute Gasteiger partial charge is 0.408 e. The maximum Gasteiger partial charge on any atom is 0.408 e. The summed E-state index contributed by atoms with van der Waals surface area (Å²) >= 11 is 0. The lowest BCUT2D eigenvalue weighted by molar-refractivity contribution is -0.146. The number of methoxy groups -OCH3 is 1. The van der Waals surface area contributed by atoms with Gasteiger partial charge in [-0.2, -0.15) is 0 Å². The van der Waals surface area contributed by atoms with Crippen LogP contribution in [0.5, 0.6) is 0 Å². The van der Waals surface area contributed by atoms with E-state index in [2.05, 4.69) is 33.4 Å². The number of carbonyl (C=O) groups excluding carboxylic acids is 6.